The van der Waals surface area contributed by atoms with Crippen LogP contribution in [0.5, 0.6) is 0 Å². The smallest absolute Gasteiger partial charge is 0.272 e. The molecule has 2 atom stereocenters. The Labute approximate surface area is 190 Å². The van der Waals surface area contributed by atoms with Crippen LogP contribution in [-0.4, -0.2) is 50.8 Å². The monoisotopic (exact) mass is 531 g/mol. The first-order valence-electron chi connectivity index (χ1n) is 9.54. The fraction of sp³-hybridized carbons (Fsp3) is 0.286. The molecule has 0 radical (unpaired) electrons. The van der Waals surface area contributed by atoms with E-state index in [1.165, 1.54) is 0 Å². The van der Waals surface area contributed by atoms with E-state index in [-0.39, 0.29) is 23.8 Å². The molecule has 4 heterocycles. The predicted octanol–water partition coefficient (Wildman–Crippen LogP) is 3.83. The number of hydrogen-bond donors (Lipinski definition) is 1. The Morgan fingerprint density at radius 2 is 1.90 bits per heavy atom. The zero-order chi connectivity index (χ0) is 21.3. The summed E-state index contributed by atoms with van der Waals surface area (Å²) in [6, 6.07) is 6.85. The molecule has 1 saturated heterocycles. The normalized spacial score (nSPS) is 19.0. The molecule has 0 spiro atoms. The van der Waals surface area contributed by atoms with Crippen molar-refractivity contribution in [3.63, 3.8) is 0 Å². The molecule has 154 valence electrons. The number of amides is 2. The van der Waals surface area contributed by atoms with Gasteiger partial charge in [-0.05, 0) is 68.5 Å². The molecule has 0 bridgehead atoms. The van der Waals surface area contributed by atoms with E-state index in [0.717, 1.165) is 20.8 Å². The first kappa shape index (κ1) is 20.9. The quantitative estimate of drug-likeness (QED) is 0.553. The Balaban J connectivity index is 1.49. The Morgan fingerprint density at radius 1 is 1.10 bits per heavy atom. The number of rotatable bonds is 3. The van der Waals surface area contributed by atoms with Gasteiger partial charge in [0.15, 0.2) is 0 Å². The number of nitrogens with zero attached hydrogens (tertiary/aromatic N) is 4. The number of carbonyl (C=O) groups excluding carboxylic acids is 2. The zero-order valence-electron chi connectivity index (χ0n) is 16.2. The first-order valence-corrected chi connectivity index (χ1v) is 11.1. The lowest BCUT2D eigenvalue weighted by atomic mass is 9.93. The number of fused-ring (bicyclic) bond motifs is 1. The summed E-state index contributed by atoms with van der Waals surface area (Å²) >= 11 is 6.76. The molecule has 1 fully saturated rings. The van der Waals surface area contributed by atoms with E-state index in [2.05, 4.69) is 59.1 Å². The Bertz CT molecular complexity index is 1110. The largest absolute Gasteiger partial charge is 0.346 e. The van der Waals surface area contributed by atoms with Crippen LogP contribution in [0.4, 0.5) is 0 Å². The summed E-state index contributed by atoms with van der Waals surface area (Å²) in [6.07, 6.45) is 5.77. The van der Waals surface area contributed by atoms with Gasteiger partial charge in [0, 0.05) is 47.6 Å². The van der Waals surface area contributed by atoms with E-state index in [1.54, 1.807) is 41.7 Å². The lowest BCUT2D eigenvalue weighted by Crippen LogP contribution is -2.53. The van der Waals surface area contributed by atoms with E-state index in [0.29, 0.717) is 30.0 Å². The molecule has 7 nitrogen and oxygen atoms in total. The summed E-state index contributed by atoms with van der Waals surface area (Å²) < 4.78 is 1.56. The molecule has 30 heavy (non-hydrogen) atoms. The van der Waals surface area contributed by atoms with Crippen molar-refractivity contribution >= 4 is 54.6 Å². The summed E-state index contributed by atoms with van der Waals surface area (Å²) in [7, 11) is 0. The van der Waals surface area contributed by atoms with Crippen molar-refractivity contribution in [3.8, 4) is 0 Å². The standard InChI is InChI=1S/C21H19Br2N5O2/c1-12-6-7-28(21(30)17-5-3-14(22)9-25-17)11-18(12)27-20(29)16-4-2-13-8-24-10-15(23)19(13)26-16/h2-5,8-10,12,18H,6-7,11H2,1H3,(H,27,29). The van der Waals surface area contributed by atoms with Crippen LogP contribution in [0.3, 0.4) is 0 Å². The maximum Gasteiger partial charge on any atom is 0.272 e. The fourth-order valence-electron chi connectivity index (χ4n) is 3.48. The van der Waals surface area contributed by atoms with Gasteiger partial charge < -0.3 is 10.2 Å². The molecule has 0 aliphatic carbocycles. The number of pyridine rings is 3. The fourth-order valence-corrected chi connectivity index (χ4v) is 4.15. The molecule has 1 aliphatic heterocycles. The van der Waals surface area contributed by atoms with Gasteiger partial charge in [0.1, 0.15) is 11.4 Å². The minimum absolute atomic E-state index is 0.131. The summed E-state index contributed by atoms with van der Waals surface area (Å²) in [6.45, 7) is 3.16. The van der Waals surface area contributed by atoms with Crippen LogP contribution >= 0.6 is 31.9 Å². The summed E-state index contributed by atoms with van der Waals surface area (Å²) in [5, 5.41) is 3.91. The van der Waals surface area contributed by atoms with Gasteiger partial charge in [-0.3, -0.25) is 14.6 Å². The number of piperidine rings is 1. The van der Waals surface area contributed by atoms with Crippen molar-refractivity contribution in [1.29, 1.82) is 0 Å². The SMILES string of the molecule is CC1CCN(C(=O)c2ccc(Br)cn2)CC1NC(=O)c1ccc2cncc(Br)c2n1. The van der Waals surface area contributed by atoms with E-state index in [1.807, 2.05) is 6.07 Å². The average molecular weight is 533 g/mol. The zero-order valence-corrected chi connectivity index (χ0v) is 19.4. The van der Waals surface area contributed by atoms with E-state index in [9.17, 15) is 9.59 Å². The highest BCUT2D eigenvalue weighted by Crippen LogP contribution is 2.22. The number of halogens is 2. The Morgan fingerprint density at radius 3 is 2.67 bits per heavy atom. The minimum atomic E-state index is -0.256. The second-order valence-corrected chi connectivity index (χ2v) is 9.12. The third kappa shape index (κ3) is 4.37. The number of aromatic nitrogens is 3. The predicted molar refractivity (Wildman–Crippen MR) is 120 cm³/mol. The first-order chi connectivity index (χ1) is 14.4. The van der Waals surface area contributed by atoms with Gasteiger partial charge in [0.2, 0.25) is 0 Å². The van der Waals surface area contributed by atoms with E-state index in [4.69, 9.17) is 0 Å². The number of carbonyl (C=O) groups is 2. The Hall–Kier alpha value is -2.39. The van der Waals surface area contributed by atoms with E-state index < -0.39 is 0 Å². The van der Waals surface area contributed by atoms with E-state index >= 15 is 0 Å². The van der Waals surface area contributed by atoms with Crippen molar-refractivity contribution in [2.24, 2.45) is 5.92 Å². The second kappa shape index (κ2) is 8.77. The van der Waals surface area contributed by atoms with Crippen LogP contribution in [0.2, 0.25) is 0 Å². The average Bonchev–Trinajstić information content (AvgIpc) is 2.75. The molecule has 3 aromatic heterocycles. The maximum atomic E-state index is 12.9. The van der Waals surface area contributed by atoms with Crippen LogP contribution < -0.4 is 5.32 Å². The molecular formula is C21H19Br2N5O2. The molecule has 3 aromatic rings. The molecule has 1 N–H and O–H groups in total. The molecular weight excluding hydrogens is 514 g/mol. The molecule has 0 saturated carbocycles. The van der Waals surface area contributed by atoms with Crippen molar-refractivity contribution < 1.29 is 9.59 Å². The maximum absolute atomic E-state index is 12.9. The summed E-state index contributed by atoms with van der Waals surface area (Å²) in [4.78, 5) is 40.2. The highest BCUT2D eigenvalue weighted by Gasteiger charge is 2.31. The van der Waals surface area contributed by atoms with Crippen molar-refractivity contribution in [1.82, 2.24) is 25.2 Å². The van der Waals surface area contributed by atoms with Crippen LogP contribution in [0, 0.1) is 5.92 Å². The van der Waals surface area contributed by atoms with Crippen molar-refractivity contribution in [3.05, 3.63) is 63.2 Å². The molecule has 0 aromatic carbocycles. The molecule has 9 heteroatoms. The molecule has 2 unspecified atom stereocenters. The molecule has 4 rings (SSSR count). The Kier molecular flexibility index (Phi) is 6.10. The van der Waals surface area contributed by atoms with Gasteiger partial charge >= 0.3 is 0 Å². The van der Waals surface area contributed by atoms with Crippen LogP contribution in [-0.2, 0) is 0 Å². The molecule has 2 amide bonds. The van der Waals surface area contributed by atoms with Gasteiger partial charge in [-0.25, -0.2) is 9.97 Å². The van der Waals surface area contributed by atoms with Crippen molar-refractivity contribution in [2.45, 2.75) is 19.4 Å². The van der Waals surface area contributed by atoms with Gasteiger partial charge in [-0.1, -0.05) is 6.92 Å². The van der Waals surface area contributed by atoms with Crippen molar-refractivity contribution in [2.75, 3.05) is 13.1 Å². The highest BCUT2D eigenvalue weighted by atomic mass is 79.9. The second-order valence-electron chi connectivity index (χ2n) is 7.35. The lowest BCUT2D eigenvalue weighted by Gasteiger charge is -2.37. The molecule has 1 aliphatic rings. The van der Waals surface area contributed by atoms with Gasteiger partial charge in [0.25, 0.3) is 11.8 Å². The lowest BCUT2D eigenvalue weighted by molar-refractivity contribution is 0.0619. The van der Waals surface area contributed by atoms with Gasteiger partial charge in [0.05, 0.1) is 9.99 Å². The number of likely N-dealkylation sites (tertiary alicyclic amines) is 1. The van der Waals surface area contributed by atoms with Gasteiger partial charge in [-0.2, -0.15) is 0 Å². The van der Waals surface area contributed by atoms with Crippen LogP contribution in [0.25, 0.3) is 10.9 Å². The van der Waals surface area contributed by atoms with Crippen LogP contribution in [0.1, 0.15) is 34.3 Å². The topological polar surface area (TPSA) is 88.1 Å². The number of nitrogens with one attached hydrogen (secondary N) is 1. The minimum Gasteiger partial charge on any atom is -0.346 e. The van der Waals surface area contributed by atoms with Gasteiger partial charge in [-0.15, -0.1) is 0 Å². The highest BCUT2D eigenvalue weighted by molar-refractivity contribution is 9.11. The number of hydrogen-bond acceptors (Lipinski definition) is 5. The third-order valence-electron chi connectivity index (χ3n) is 5.30. The summed E-state index contributed by atoms with van der Waals surface area (Å²) in [5.74, 6) is -0.144. The van der Waals surface area contributed by atoms with Crippen LogP contribution in [0.15, 0.2) is 51.8 Å². The summed E-state index contributed by atoms with van der Waals surface area (Å²) in [5.41, 5.74) is 1.42. The third-order valence-corrected chi connectivity index (χ3v) is 6.34.